The molecule has 7 heteroatoms. The molecule has 7 nitrogen and oxygen atoms in total. The maximum absolute atomic E-state index is 12.4. The van der Waals surface area contributed by atoms with Crippen molar-refractivity contribution in [2.24, 2.45) is 0 Å². The molecule has 1 N–H and O–H groups in total. The van der Waals surface area contributed by atoms with E-state index in [1.807, 2.05) is 22.6 Å². The Balaban J connectivity index is 1.73. The first-order valence-corrected chi connectivity index (χ1v) is 7.47. The molecule has 0 aliphatic carbocycles. The molecule has 0 bridgehead atoms. The maximum Gasteiger partial charge on any atom is 0.230 e. The molecule has 1 aliphatic rings. The average Bonchev–Trinajstić information content (AvgIpc) is 3.00. The van der Waals surface area contributed by atoms with E-state index in [1.165, 1.54) is 0 Å². The molecule has 118 valence electrons. The molecule has 0 radical (unpaired) electrons. The summed E-state index contributed by atoms with van der Waals surface area (Å²) in [7, 11) is 0. The minimum absolute atomic E-state index is 0.0180. The van der Waals surface area contributed by atoms with Crippen LogP contribution in [0.15, 0.2) is 16.7 Å². The fraction of sp³-hybridized carbons (Fsp3) is 0.533. The van der Waals surface area contributed by atoms with Gasteiger partial charge in [0.1, 0.15) is 5.76 Å². The lowest BCUT2D eigenvalue weighted by molar-refractivity contribution is -0.131. The van der Waals surface area contributed by atoms with Crippen molar-refractivity contribution in [1.82, 2.24) is 19.8 Å². The lowest BCUT2D eigenvalue weighted by atomic mass is 10.2. The number of aliphatic hydroxyl groups excluding tert-OH is 1. The third-order valence-corrected chi connectivity index (χ3v) is 3.82. The van der Waals surface area contributed by atoms with Crippen molar-refractivity contribution >= 4 is 5.91 Å². The summed E-state index contributed by atoms with van der Waals surface area (Å²) in [4.78, 5) is 14.2. The number of aromatic nitrogens is 3. The standard InChI is InChI=1S/C15H20N4O3/c1-10-6-13(22-17-10)8-15(21)18-4-3-5-19-12(9-18)7-14(16-19)11(2)20/h6-7,11,20H,3-5,8-9H2,1-2H3/t11-/m1/s1. The van der Waals surface area contributed by atoms with Crippen LogP contribution in [-0.2, 0) is 24.3 Å². The summed E-state index contributed by atoms with van der Waals surface area (Å²) in [6.45, 7) is 5.48. The fourth-order valence-electron chi connectivity index (χ4n) is 2.66. The van der Waals surface area contributed by atoms with E-state index in [0.717, 1.165) is 24.4 Å². The highest BCUT2D eigenvalue weighted by Gasteiger charge is 2.22. The number of hydrogen-bond donors (Lipinski definition) is 1. The molecular weight excluding hydrogens is 284 g/mol. The number of carbonyl (C=O) groups is 1. The predicted octanol–water partition coefficient (Wildman–Crippen LogP) is 1.21. The Morgan fingerprint density at radius 1 is 1.45 bits per heavy atom. The number of carbonyl (C=O) groups excluding carboxylic acids is 1. The molecule has 0 saturated carbocycles. The molecule has 3 heterocycles. The lowest BCUT2D eigenvalue weighted by Gasteiger charge is -2.19. The molecule has 2 aromatic heterocycles. The number of aliphatic hydroxyl groups is 1. The topological polar surface area (TPSA) is 84.4 Å². The largest absolute Gasteiger partial charge is 0.387 e. The summed E-state index contributed by atoms with van der Waals surface area (Å²) in [5.74, 6) is 0.606. The van der Waals surface area contributed by atoms with Crippen molar-refractivity contribution < 1.29 is 14.4 Å². The van der Waals surface area contributed by atoms with Crippen molar-refractivity contribution in [2.75, 3.05) is 6.54 Å². The predicted molar refractivity (Wildman–Crippen MR) is 77.8 cm³/mol. The normalized spacial score (nSPS) is 16.2. The average molecular weight is 304 g/mol. The van der Waals surface area contributed by atoms with E-state index in [2.05, 4.69) is 10.3 Å². The lowest BCUT2D eigenvalue weighted by Crippen LogP contribution is -2.31. The fourth-order valence-corrected chi connectivity index (χ4v) is 2.66. The van der Waals surface area contributed by atoms with Gasteiger partial charge in [0.25, 0.3) is 0 Å². The Bertz CT molecular complexity index is 674. The molecule has 3 rings (SSSR count). The number of aryl methyl sites for hydroxylation is 2. The van der Waals surface area contributed by atoms with Gasteiger partial charge >= 0.3 is 0 Å². The van der Waals surface area contributed by atoms with Crippen LogP contribution in [0.25, 0.3) is 0 Å². The van der Waals surface area contributed by atoms with E-state index < -0.39 is 6.10 Å². The Hall–Kier alpha value is -2.15. The van der Waals surface area contributed by atoms with Crippen LogP contribution in [0.5, 0.6) is 0 Å². The molecule has 22 heavy (non-hydrogen) atoms. The zero-order valence-electron chi connectivity index (χ0n) is 12.8. The molecule has 2 aromatic rings. The Morgan fingerprint density at radius 3 is 2.95 bits per heavy atom. The van der Waals surface area contributed by atoms with E-state index in [-0.39, 0.29) is 12.3 Å². The number of rotatable bonds is 3. The van der Waals surface area contributed by atoms with Gasteiger partial charge < -0.3 is 14.5 Å². The Morgan fingerprint density at radius 2 is 2.27 bits per heavy atom. The van der Waals surface area contributed by atoms with Gasteiger partial charge in [0.2, 0.25) is 5.91 Å². The zero-order valence-corrected chi connectivity index (χ0v) is 12.8. The Labute approximate surface area is 128 Å². The minimum atomic E-state index is -0.597. The third kappa shape index (κ3) is 3.04. The monoisotopic (exact) mass is 304 g/mol. The van der Waals surface area contributed by atoms with Gasteiger partial charge in [-0.2, -0.15) is 5.10 Å². The second kappa shape index (κ2) is 5.92. The molecule has 0 fully saturated rings. The number of fused-ring (bicyclic) bond motifs is 1. The van der Waals surface area contributed by atoms with Crippen molar-refractivity contribution in [2.45, 2.75) is 45.9 Å². The second-order valence-corrected chi connectivity index (χ2v) is 5.74. The van der Waals surface area contributed by atoms with Gasteiger partial charge in [-0.25, -0.2) is 0 Å². The van der Waals surface area contributed by atoms with Crippen LogP contribution >= 0.6 is 0 Å². The zero-order chi connectivity index (χ0) is 15.7. The summed E-state index contributed by atoms with van der Waals surface area (Å²) in [6, 6.07) is 3.65. The van der Waals surface area contributed by atoms with Gasteiger partial charge in [0.05, 0.1) is 36.2 Å². The summed E-state index contributed by atoms with van der Waals surface area (Å²) < 4.78 is 7.00. The number of hydrogen-bond acceptors (Lipinski definition) is 5. The van der Waals surface area contributed by atoms with Gasteiger partial charge in [0.15, 0.2) is 0 Å². The first-order valence-electron chi connectivity index (χ1n) is 7.47. The molecule has 0 unspecified atom stereocenters. The molecule has 0 aromatic carbocycles. The first-order chi connectivity index (χ1) is 10.5. The number of amides is 1. The van der Waals surface area contributed by atoms with Crippen LogP contribution in [0.4, 0.5) is 0 Å². The SMILES string of the molecule is Cc1cc(CC(=O)N2CCCn3nc([C@@H](C)O)cc3C2)on1. The summed E-state index contributed by atoms with van der Waals surface area (Å²) in [5, 5.41) is 17.8. The van der Waals surface area contributed by atoms with Crippen molar-refractivity contribution in [3.63, 3.8) is 0 Å². The molecule has 1 aliphatic heterocycles. The van der Waals surface area contributed by atoms with Gasteiger partial charge in [-0.1, -0.05) is 5.16 Å². The van der Waals surface area contributed by atoms with Crippen molar-refractivity contribution in [3.8, 4) is 0 Å². The van der Waals surface area contributed by atoms with Crippen molar-refractivity contribution in [1.29, 1.82) is 0 Å². The molecule has 0 spiro atoms. The number of nitrogens with zero attached hydrogens (tertiary/aromatic N) is 4. The van der Waals surface area contributed by atoms with Crippen molar-refractivity contribution in [3.05, 3.63) is 35.0 Å². The van der Waals surface area contributed by atoms with Crippen LogP contribution in [0.1, 0.15) is 42.3 Å². The second-order valence-electron chi connectivity index (χ2n) is 5.74. The maximum atomic E-state index is 12.4. The highest BCUT2D eigenvalue weighted by molar-refractivity contribution is 5.78. The first kappa shape index (κ1) is 14.8. The van der Waals surface area contributed by atoms with E-state index in [0.29, 0.717) is 24.5 Å². The van der Waals surface area contributed by atoms with Crippen LogP contribution in [0.3, 0.4) is 0 Å². The molecular formula is C15H20N4O3. The van der Waals surface area contributed by atoms with Crippen LogP contribution in [-0.4, -0.2) is 37.4 Å². The van der Waals surface area contributed by atoms with Crippen LogP contribution < -0.4 is 0 Å². The van der Waals surface area contributed by atoms with E-state index >= 15 is 0 Å². The highest BCUT2D eigenvalue weighted by Crippen LogP contribution is 2.18. The summed E-state index contributed by atoms with van der Waals surface area (Å²) in [5.41, 5.74) is 2.38. The van der Waals surface area contributed by atoms with E-state index in [1.54, 1.807) is 13.0 Å². The molecule has 1 amide bonds. The van der Waals surface area contributed by atoms with Gasteiger partial charge in [-0.15, -0.1) is 0 Å². The van der Waals surface area contributed by atoms with Crippen LogP contribution in [0.2, 0.25) is 0 Å². The van der Waals surface area contributed by atoms with E-state index in [9.17, 15) is 9.90 Å². The van der Waals surface area contributed by atoms with Gasteiger partial charge in [-0.05, 0) is 26.3 Å². The van der Waals surface area contributed by atoms with Gasteiger partial charge in [-0.3, -0.25) is 9.48 Å². The van der Waals surface area contributed by atoms with E-state index in [4.69, 9.17) is 4.52 Å². The smallest absolute Gasteiger partial charge is 0.230 e. The summed E-state index contributed by atoms with van der Waals surface area (Å²) >= 11 is 0. The highest BCUT2D eigenvalue weighted by atomic mass is 16.5. The molecule has 1 atom stereocenters. The van der Waals surface area contributed by atoms with Gasteiger partial charge in [0, 0.05) is 19.2 Å². The Kier molecular flexibility index (Phi) is 3.98. The minimum Gasteiger partial charge on any atom is -0.387 e. The third-order valence-electron chi connectivity index (χ3n) is 3.82. The van der Waals surface area contributed by atoms with Crippen LogP contribution in [0, 0.1) is 6.92 Å². The quantitative estimate of drug-likeness (QED) is 0.921. The summed E-state index contributed by atoms with van der Waals surface area (Å²) in [6.07, 6.45) is 0.466. The molecule has 0 saturated heterocycles.